The molecular formula is C69H62N4O. The molecule has 10 rings (SSSR count). The summed E-state index contributed by atoms with van der Waals surface area (Å²) in [7, 11) is 1.71. The summed E-state index contributed by atoms with van der Waals surface area (Å²) in [5, 5.41) is 5.82. The van der Waals surface area contributed by atoms with Crippen molar-refractivity contribution in [2.45, 2.75) is 33.6 Å². The van der Waals surface area contributed by atoms with Gasteiger partial charge in [0.1, 0.15) is 5.75 Å². The van der Waals surface area contributed by atoms with E-state index in [1.807, 2.05) is 6.07 Å². The number of nitrogens with zero attached hydrogens (tertiary/aromatic N) is 3. The molecule has 1 N–H and O–H groups in total. The van der Waals surface area contributed by atoms with Crippen molar-refractivity contribution in [3.63, 3.8) is 0 Å². The third-order valence-electron chi connectivity index (χ3n) is 13.4. The minimum atomic E-state index is 0.846. The van der Waals surface area contributed by atoms with Crippen molar-refractivity contribution in [3.8, 4) is 5.75 Å². The van der Waals surface area contributed by atoms with Gasteiger partial charge in [0.2, 0.25) is 0 Å². The first-order valence-corrected chi connectivity index (χ1v) is 25.6. The molecule has 0 spiro atoms. The van der Waals surface area contributed by atoms with E-state index in [2.05, 4.69) is 296 Å². The van der Waals surface area contributed by atoms with E-state index in [4.69, 9.17) is 4.74 Å². The van der Waals surface area contributed by atoms with Gasteiger partial charge in [-0.2, -0.15) is 0 Å². The summed E-state index contributed by atoms with van der Waals surface area (Å²) in [5.41, 5.74) is 18.0. The third kappa shape index (κ3) is 11.7. The maximum Gasteiger partial charge on any atom is 0.119 e. The Kier molecular flexibility index (Phi) is 15.1. The molecular weight excluding hydrogens is 901 g/mol. The Balaban J connectivity index is 0.875. The van der Waals surface area contributed by atoms with E-state index in [-0.39, 0.29) is 0 Å². The minimum absolute atomic E-state index is 0.846. The summed E-state index contributed by atoms with van der Waals surface area (Å²) in [4.78, 5) is 6.94. The van der Waals surface area contributed by atoms with Crippen LogP contribution in [0.15, 0.2) is 237 Å². The third-order valence-corrected chi connectivity index (χ3v) is 13.4. The van der Waals surface area contributed by atoms with E-state index in [9.17, 15) is 0 Å². The van der Waals surface area contributed by atoms with Crippen molar-refractivity contribution < 1.29 is 4.74 Å². The van der Waals surface area contributed by atoms with Gasteiger partial charge in [-0.15, -0.1) is 0 Å². The Morgan fingerprint density at radius 2 is 0.703 bits per heavy atom. The topological polar surface area (TPSA) is 31.0 Å². The fourth-order valence-corrected chi connectivity index (χ4v) is 9.24. The predicted molar refractivity (Wildman–Crippen MR) is 318 cm³/mol. The van der Waals surface area contributed by atoms with Gasteiger partial charge in [-0.1, -0.05) is 152 Å². The lowest BCUT2D eigenvalue weighted by atomic mass is 10.1. The first-order valence-electron chi connectivity index (χ1n) is 25.6. The molecule has 0 fully saturated rings. The number of fused-ring (bicyclic) bond motifs is 1. The molecule has 0 bridgehead atoms. The van der Waals surface area contributed by atoms with E-state index in [1.165, 1.54) is 17.5 Å². The average molecular weight is 963 g/mol. The van der Waals surface area contributed by atoms with Gasteiger partial charge in [0.15, 0.2) is 0 Å². The van der Waals surface area contributed by atoms with Crippen molar-refractivity contribution >= 4 is 92.0 Å². The van der Waals surface area contributed by atoms with Crippen LogP contribution in [0.5, 0.6) is 5.75 Å². The van der Waals surface area contributed by atoms with Crippen LogP contribution in [-0.2, 0) is 0 Å². The van der Waals surface area contributed by atoms with Gasteiger partial charge in [0.05, 0.1) is 7.11 Å². The monoisotopic (exact) mass is 962 g/mol. The Hall–Kier alpha value is -9.06. The van der Waals surface area contributed by atoms with Crippen LogP contribution in [0.2, 0.25) is 0 Å². The summed E-state index contributed by atoms with van der Waals surface area (Å²) >= 11 is 0. The normalized spacial score (nSPS) is 11.3. The number of ether oxygens (including phenoxy) is 1. The van der Waals surface area contributed by atoms with Crippen LogP contribution in [0, 0.1) is 13.8 Å². The van der Waals surface area contributed by atoms with Gasteiger partial charge < -0.3 is 24.8 Å². The molecule has 5 heteroatoms. The lowest BCUT2D eigenvalue weighted by Crippen LogP contribution is -2.10. The Bertz CT molecular complexity index is 3460. The smallest absolute Gasteiger partial charge is 0.119 e. The molecule has 10 aromatic carbocycles. The highest BCUT2D eigenvalue weighted by Gasteiger charge is 2.16. The van der Waals surface area contributed by atoms with Crippen LogP contribution in [0.25, 0.3) is 35.1 Å². The van der Waals surface area contributed by atoms with Crippen molar-refractivity contribution in [3.05, 3.63) is 270 Å². The van der Waals surface area contributed by atoms with Crippen LogP contribution in [0.4, 0.5) is 56.9 Å². The van der Waals surface area contributed by atoms with Crippen molar-refractivity contribution in [1.29, 1.82) is 0 Å². The van der Waals surface area contributed by atoms with E-state index in [0.717, 1.165) is 109 Å². The van der Waals surface area contributed by atoms with Crippen LogP contribution >= 0.6 is 0 Å². The molecule has 10 aromatic rings. The first-order chi connectivity index (χ1) is 36.4. The van der Waals surface area contributed by atoms with Crippen LogP contribution in [0.3, 0.4) is 0 Å². The number of benzene rings is 10. The standard InChI is InChI=1S/C69H62N4O/c1-5-6-48-70-59-30-45-67(46-31-59)72(62-34-14-52(3)15-35-62)64-38-22-54(23-39-64)17-19-56-26-42-66(43-27-56)73(68-44-28-58-50-69(74-4)47-29-57(58)49-68)65-40-24-55(25-41-65)18-16-53-20-36-63(37-21-53)71(60-10-8-7-9-11-60)61-32-12-51(2)13-33-61/h7-47,49-50,70H,5-6,48H2,1-4H3/b18-16+,19-17+. The van der Waals surface area contributed by atoms with Crippen LogP contribution in [-0.4, -0.2) is 13.7 Å². The average Bonchev–Trinajstić information content (AvgIpc) is 3.45. The van der Waals surface area contributed by atoms with Gasteiger partial charge in [-0.3, -0.25) is 0 Å². The number of nitrogens with one attached hydrogen (secondary N) is 1. The second-order valence-electron chi connectivity index (χ2n) is 18.8. The zero-order chi connectivity index (χ0) is 50.6. The van der Waals surface area contributed by atoms with Crippen LogP contribution in [0.1, 0.15) is 53.1 Å². The fraction of sp³-hybridized carbons (Fsp3) is 0.101. The predicted octanol–water partition coefficient (Wildman–Crippen LogP) is 19.4. The van der Waals surface area contributed by atoms with E-state index in [1.54, 1.807) is 7.11 Å². The highest BCUT2D eigenvalue weighted by atomic mass is 16.5. The molecule has 0 radical (unpaired) electrons. The van der Waals surface area contributed by atoms with Gasteiger partial charge in [0.25, 0.3) is 0 Å². The molecule has 0 atom stereocenters. The van der Waals surface area contributed by atoms with Crippen molar-refractivity contribution in [2.24, 2.45) is 0 Å². The number of rotatable bonds is 18. The highest BCUT2D eigenvalue weighted by molar-refractivity contribution is 5.91. The number of para-hydroxylation sites is 1. The molecule has 0 aromatic heterocycles. The number of aryl methyl sites for hydroxylation is 2. The second-order valence-corrected chi connectivity index (χ2v) is 18.8. The summed E-state index contributed by atoms with van der Waals surface area (Å²) in [6, 6.07) is 84.7. The van der Waals surface area contributed by atoms with Gasteiger partial charge in [0, 0.05) is 63.4 Å². The summed E-state index contributed by atoms with van der Waals surface area (Å²) in [6.07, 6.45) is 11.1. The van der Waals surface area contributed by atoms with E-state index in [0.29, 0.717) is 0 Å². The van der Waals surface area contributed by atoms with Gasteiger partial charge in [-0.05, 0) is 187 Å². The SMILES string of the molecule is CCCCNc1ccc(N(c2ccc(C)cc2)c2ccc(/C=C/c3ccc(N(c4ccc(/C=C/c5ccc(N(c6ccccc6)c6ccc(C)cc6)cc5)cc4)c4ccc5cc(OC)ccc5c4)cc3)cc2)cc1. The number of methoxy groups -OCH3 is 1. The van der Waals surface area contributed by atoms with Crippen molar-refractivity contribution in [2.75, 3.05) is 33.7 Å². The maximum atomic E-state index is 5.55. The Morgan fingerprint density at radius 1 is 0.365 bits per heavy atom. The van der Waals surface area contributed by atoms with Gasteiger partial charge >= 0.3 is 0 Å². The number of hydrogen-bond donors (Lipinski definition) is 1. The van der Waals surface area contributed by atoms with E-state index < -0.39 is 0 Å². The first kappa shape index (κ1) is 48.6. The fourth-order valence-electron chi connectivity index (χ4n) is 9.24. The molecule has 0 unspecified atom stereocenters. The van der Waals surface area contributed by atoms with E-state index >= 15 is 0 Å². The number of unbranched alkanes of at least 4 members (excludes halogenated alkanes) is 1. The summed E-state index contributed by atoms with van der Waals surface area (Å²) in [5.74, 6) is 0.846. The maximum absolute atomic E-state index is 5.55. The Labute approximate surface area is 437 Å². The lowest BCUT2D eigenvalue weighted by molar-refractivity contribution is 0.415. The molecule has 0 saturated carbocycles. The van der Waals surface area contributed by atoms with Crippen LogP contribution < -0.4 is 24.8 Å². The zero-order valence-electron chi connectivity index (χ0n) is 42.7. The minimum Gasteiger partial charge on any atom is -0.497 e. The Morgan fingerprint density at radius 3 is 1.11 bits per heavy atom. The van der Waals surface area contributed by atoms with Crippen molar-refractivity contribution in [1.82, 2.24) is 0 Å². The molecule has 0 amide bonds. The molecule has 74 heavy (non-hydrogen) atoms. The quantitative estimate of drug-likeness (QED) is 0.0684. The molecule has 0 aliphatic carbocycles. The molecule has 0 heterocycles. The molecule has 0 saturated heterocycles. The zero-order valence-corrected chi connectivity index (χ0v) is 42.7. The second kappa shape index (κ2) is 23.0. The number of hydrogen-bond acceptors (Lipinski definition) is 5. The molecule has 364 valence electrons. The summed E-state index contributed by atoms with van der Waals surface area (Å²) < 4.78 is 5.55. The largest absolute Gasteiger partial charge is 0.497 e. The molecule has 0 aliphatic rings. The molecule has 0 aliphatic heterocycles. The summed E-state index contributed by atoms with van der Waals surface area (Å²) in [6.45, 7) is 7.45. The molecule has 5 nitrogen and oxygen atoms in total. The number of anilines is 10. The lowest BCUT2D eigenvalue weighted by Gasteiger charge is -2.26. The van der Waals surface area contributed by atoms with Gasteiger partial charge in [-0.25, -0.2) is 0 Å². The highest BCUT2D eigenvalue weighted by Crippen LogP contribution is 2.39.